The molecule has 2 heterocycles. The molecular formula is C13H11N3O4. The maximum absolute atomic E-state index is 11.8. The number of nitrogens with zero attached hydrogens (tertiary/aromatic N) is 2. The third-order valence-electron chi connectivity index (χ3n) is 2.48. The third kappa shape index (κ3) is 3.29. The number of carbonyl (C=O) groups is 2. The van der Waals surface area contributed by atoms with Gasteiger partial charge in [-0.1, -0.05) is 6.07 Å². The molecule has 0 spiro atoms. The fourth-order valence-corrected chi connectivity index (χ4v) is 1.49. The monoisotopic (exact) mass is 273 g/mol. The molecule has 0 aliphatic rings. The second-order valence-corrected chi connectivity index (χ2v) is 3.97. The average Bonchev–Trinajstić information content (AvgIpc) is 2.45. The number of hydrogen-bond donors (Lipinski definition) is 3. The van der Waals surface area contributed by atoms with E-state index >= 15 is 0 Å². The van der Waals surface area contributed by atoms with E-state index in [0.29, 0.717) is 5.56 Å². The van der Waals surface area contributed by atoms with Gasteiger partial charge in [0.2, 0.25) is 0 Å². The first-order valence-electron chi connectivity index (χ1n) is 5.66. The van der Waals surface area contributed by atoms with Gasteiger partial charge in [0.15, 0.2) is 0 Å². The van der Waals surface area contributed by atoms with E-state index in [-0.39, 0.29) is 23.6 Å². The summed E-state index contributed by atoms with van der Waals surface area (Å²) in [6.07, 6.45) is 3.94. The molecule has 0 aliphatic carbocycles. The van der Waals surface area contributed by atoms with Gasteiger partial charge in [0.1, 0.15) is 11.4 Å². The Morgan fingerprint density at radius 2 is 2.00 bits per heavy atom. The van der Waals surface area contributed by atoms with Crippen LogP contribution in [0.25, 0.3) is 0 Å². The van der Waals surface area contributed by atoms with Gasteiger partial charge < -0.3 is 15.5 Å². The van der Waals surface area contributed by atoms with Gasteiger partial charge in [0.05, 0.1) is 11.8 Å². The molecule has 0 aliphatic heterocycles. The Morgan fingerprint density at radius 1 is 1.20 bits per heavy atom. The molecular weight excluding hydrogens is 262 g/mol. The third-order valence-corrected chi connectivity index (χ3v) is 2.48. The number of aromatic nitrogens is 2. The number of carbonyl (C=O) groups excluding carboxylic acids is 1. The van der Waals surface area contributed by atoms with E-state index < -0.39 is 11.9 Å². The molecule has 0 atom stereocenters. The number of pyridine rings is 2. The summed E-state index contributed by atoms with van der Waals surface area (Å²) in [5, 5.41) is 20.5. The molecule has 7 nitrogen and oxygen atoms in total. The van der Waals surface area contributed by atoms with Gasteiger partial charge in [-0.15, -0.1) is 0 Å². The Labute approximate surface area is 113 Å². The number of aromatic carboxylic acids is 1. The number of aromatic hydroxyl groups is 1. The van der Waals surface area contributed by atoms with Crippen molar-refractivity contribution in [3.63, 3.8) is 0 Å². The average molecular weight is 273 g/mol. The summed E-state index contributed by atoms with van der Waals surface area (Å²) >= 11 is 0. The summed E-state index contributed by atoms with van der Waals surface area (Å²) in [5.74, 6) is -1.59. The highest BCUT2D eigenvalue weighted by molar-refractivity contribution is 5.94. The molecule has 1 amide bonds. The second-order valence-electron chi connectivity index (χ2n) is 3.97. The molecule has 0 saturated carbocycles. The predicted molar refractivity (Wildman–Crippen MR) is 68.3 cm³/mol. The van der Waals surface area contributed by atoms with Crippen molar-refractivity contribution in [1.29, 1.82) is 0 Å². The summed E-state index contributed by atoms with van der Waals surface area (Å²) in [6.45, 7) is 0.196. The van der Waals surface area contributed by atoms with E-state index in [1.54, 1.807) is 6.07 Å². The number of carboxylic acids is 1. The van der Waals surface area contributed by atoms with Crippen molar-refractivity contribution in [2.75, 3.05) is 0 Å². The van der Waals surface area contributed by atoms with Crippen LogP contribution in [0.5, 0.6) is 5.75 Å². The molecule has 2 aromatic rings. The Balaban J connectivity index is 1.98. The molecule has 20 heavy (non-hydrogen) atoms. The van der Waals surface area contributed by atoms with E-state index in [2.05, 4.69) is 15.3 Å². The molecule has 0 saturated heterocycles. The van der Waals surface area contributed by atoms with Crippen molar-refractivity contribution in [3.05, 3.63) is 53.6 Å². The molecule has 0 bridgehead atoms. The molecule has 102 valence electrons. The zero-order valence-electron chi connectivity index (χ0n) is 10.3. The number of carboxylic acid groups (broad SMARTS) is 1. The van der Waals surface area contributed by atoms with Crippen molar-refractivity contribution < 1.29 is 19.8 Å². The first-order valence-corrected chi connectivity index (χ1v) is 5.66. The highest BCUT2D eigenvalue weighted by Crippen LogP contribution is 2.08. The fraction of sp³-hybridized carbons (Fsp3) is 0.0769. The van der Waals surface area contributed by atoms with E-state index in [4.69, 9.17) is 5.11 Å². The van der Waals surface area contributed by atoms with Crippen LogP contribution in [0.4, 0.5) is 0 Å². The molecule has 2 aromatic heterocycles. The number of hydrogen-bond acceptors (Lipinski definition) is 5. The van der Waals surface area contributed by atoms with Crippen molar-refractivity contribution in [1.82, 2.24) is 15.3 Å². The zero-order chi connectivity index (χ0) is 14.5. The summed E-state index contributed by atoms with van der Waals surface area (Å²) in [4.78, 5) is 29.8. The van der Waals surface area contributed by atoms with Crippen LogP contribution < -0.4 is 5.32 Å². The maximum Gasteiger partial charge on any atom is 0.354 e. The number of rotatable bonds is 4. The Hall–Kier alpha value is -2.96. The summed E-state index contributed by atoms with van der Waals surface area (Å²) in [6, 6.07) is 4.23. The minimum Gasteiger partial charge on any atom is -0.506 e. The van der Waals surface area contributed by atoms with Gasteiger partial charge in [-0.3, -0.25) is 9.78 Å². The van der Waals surface area contributed by atoms with Crippen molar-refractivity contribution in [3.8, 4) is 5.75 Å². The molecule has 0 radical (unpaired) electrons. The van der Waals surface area contributed by atoms with Crippen LogP contribution in [-0.2, 0) is 6.54 Å². The minimum atomic E-state index is -1.11. The van der Waals surface area contributed by atoms with Crippen molar-refractivity contribution >= 4 is 11.9 Å². The molecule has 0 fully saturated rings. The smallest absolute Gasteiger partial charge is 0.354 e. The molecule has 0 aromatic carbocycles. The van der Waals surface area contributed by atoms with Crippen LogP contribution in [0.1, 0.15) is 26.4 Å². The summed E-state index contributed by atoms with van der Waals surface area (Å²) in [5.41, 5.74) is 0.842. The lowest BCUT2D eigenvalue weighted by Gasteiger charge is -2.05. The van der Waals surface area contributed by atoms with E-state index in [9.17, 15) is 14.7 Å². The molecule has 0 unspecified atom stereocenters. The molecule has 3 N–H and O–H groups in total. The molecule has 2 rings (SSSR count). The first kappa shape index (κ1) is 13.5. The van der Waals surface area contributed by atoms with E-state index in [1.807, 2.05) is 0 Å². The topological polar surface area (TPSA) is 112 Å². The number of amides is 1. The Morgan fingerprint density at radius 3 is 2.60 bits per heavy atom. The van der Waals surface area contributed by atoms with Gasteiger partial charge in [-0.05, 0) is 17.7 Å². The van der Waals surface area contributed by atoms with Crippen LogP contribution in [0.3, 0.4) is 0 Å². The predicted octanol–water partition coefficient (Wildman–Crippen LogP) is 0.810. The summed E-state index contributed by atoms with van der Waals surface area (Å²) in [7, 11) is 0. The van der Waals surface area contributed by atoms with Gasteiger partial charge in [-0.25, -0.2) is 9.78 Å². The minimum absolute atomic E-state index is 0.0581. The van der Waals surface area contributed by atoms with Crippen LogP contribution in [0.2, 0.25) is 0 Å². The van der Waals surface area contributed by atoms with Gasteiger partial charge in [0, 0.05) is 18.9 Å². The summed E-state index contributed by atoms with van der Waals surface area (Å²) < 4.78 is 0. The standard InChI is InChI=1S/C13H11N3O4/c17-10-3-9(6-14-7-10)12(18)16-5-8-1-2-11(13(19)20)15-4-8/h1-4,6-7,17H,5H2,(H,16,18)(H,19,20). The van der Waals surface area contributed by atoms with Gasteiger partial charge in [0.25, 0.3) is 5.91 Å². The SMILES string of the molecule is O=C(NCc1ccc(C(=O)O)nc1)c1cncc(O)c1. The largest absolute Gasteiger partial charge is 0.506 e. The lowest BCUT2D eigenvalue weighted by atomic mass is 10.2. The fourth-order valence-electron chi connectivity index (χ4n) is 1.49. The highest BCUT2D eigenvalue weighted by atomic mass is 16.4. The lowest BCUT2D eigenvalue weighted by molar-refractivity contribution is 0.0690. The van der Waals surface area contributed by atoms with Gasteiger partial charge in [-0.2, -0.15) is 0 Å². The first-order chi connectivity index (χ1) is 9.56. The van der Waals surface area contributed by atoms with Crippen LogP contribution in [0, 0.1) is 0 Å². The molecule has 7 heteroatoms. The Bertz CT molecular complexity index is 640. The van der Waals surface area contributed by atoms with Crippen molar-refractivity contribution in [2.45, 2.75) is 6.54 Å². The normalized spacial score (nSPS) is 10.0. The van der Waals surface area contributed by atoms with E-state index in [1.165, 1.54) is 30.7 Å². The van der Waals surface area contributed by atoms with Gasteiger partial charge >= 0.3 is 5.97 Å². The van der Waals surface area contributed by atoms with E-state index in [0.717, 1.165) is 0 Å². The van der Waals surface area contributed by atoms with Crippen molar-refractivity contribution in [2.24, 2.45) is 0 Å². The Kier molecular flexibility index (Phi) is 3.90. The van der Waals surface area contributed by atoms with Crippen LogP contribution in [0.15, 0.2) is 36.8 Å². The lowest BCUT2D eigenvalue weighted by Crippen LogP contribution is -2.23. The zero-order valence-corrected chi connectivity index (χ0v) is 10.3. The second kappa shape index (κ2) is 5.79. The van der Waals surface area contributed by atoms with Crippen LogP contribution in [-0.4, -0.2) is 32.1 Å². The number of nitrogens with one attached hydrogen (secondary N) is 1. The quantitative estimate of drug-likeness (QED) is 0.759. The van der Waals surface area contributed by atoms with Crippen LogP contribution >= 0.6 is 0 Å². The highest BCUT2D eigenvalue weighted by Gasteiger charge is 2.07. The maximum atomic E-state index is 11.8.